The Balaban J connectivity index is 2.71. The fourth-order valence-electron chi connectivity index (χ4n) is 1.47. The molecule has 1 aromatic rings. The van der Waals surface area contributed by atoms with Crippen molar-refractivity contribution in [3.8, 4) is 0 Å². The lowest BCUT2D eigenvalue weighted by atomic mass is 9.82. The van der Waals surface area contributed by atoms with Crippen LogP contribution in [-0.4, -0.2) is 16.0 Å². The highest BCUT2D eigenvalue weighted by Gasteiger charge is 2.29. The van der Waals surface area contributed by atoms with Crippen molar-refractivity contribution in [2.45, 2.75) is 40.0 Å². The molecule has 1 heterocycles. The first-order valence-electron chi connectivity index (χ1n) is 4.93. The Kier molecular flexibility index (Phi) is 3.12. The summed E-state index contributed by atoms with van der Waals surface area (Å²) < 4.78 is 4.88. The molecule has 1 atom stereocenters. The van der Waals surface area contributed by atoms with Gasteiger partial charge in [0.1, 0.15) is 0 Å². The highest BCUT2D eigenvalue weighted by atomic mass is 16.5. The molecule has 15 heavy (non-hydrogen) atoms. The maximum Gasteiger partial charge on any atom is 0.223 e. The molecule has 2 N–H and O–H groups in total. The number of primary amides is 1. The van der Waals surface area contributed by atoms with Crippen LogP contribution in [0.5, 0.6) is 0 Å². The second kappa shape index (κ2) is 4.00. The van der Waals surface area contributed by atoms with Crippen LogP contribution in [0, 0.1) is 12.3 Å². The first-order valence-corrected chi connectivity index (χ1v) is 4.93. The molecule has 1 aromatic heterocycles. The molecule has 0 radical (unpaired) electrons. The molecule has 0 aliphatic carbocycles. The third-order valence-corrected chi connectivity index (χ3v) is 2.47. The highest BCUT2D eigenvalue weighted by Crippen LogP contribution is 2.29. The molecule has 0 bridgehead atoms. The quantitative estimate of drug-likeness (QED) is 0.815. The molecule has 0 spiro atoms. The van der Waals surface area contributed by atoms with Crippen molar-refractivity contribution in [2.75, 3.05) is 0 Å². The summed E-state index contributed by atoms with van der Waals surface area (Å²) in [5.41, 5.74) is 4.75. The molecule has 1 unspecified atom stereocenters. The summed E-state index contributed by atoms with van der Waals surface area (Å²) in [6.07, 6.45) is 0.612. The minimum Gasteiger partial charge on any atom is -0.369 e. The number of nitrogens with two attached hydrogens (primary N) is 1. The van der Waals surface area contributed by atoms with E-state index in [-0.39, 0.29) is 11.8 Å². The molecule has 0 aliphatic heterocycles. The first-order chi connectivity index (χ1) is 6.83. The fraction of sp³-hybridized carbons (Fsp3) is 0.700. The van der Waals surface area contributed by atoms with Gasteiger partial charge in [0.25, 0.3) is 0 Å². The van der Waals surface area contributed by atoms with E-state index in [1.165, 1.54) is 0 Å². The van der Waals surface area contributed by atoms with Gasteiger partial charge in [-0.15, -0.1) is 0 Å². The zero-order valence-corrected chi connectivity index (χ0v) is 9.57. The second-order valence-corrected chi connectivity index (χ2v) is 4.52. The normalized spacial score (nSPS) is 13.9. The molecular weight excluding hydrogens is 194 g/mol. The van der Waals surface area contributed by atoms with E-state index in [0.717, 1.165) is 0 Å². The SMILES string of the molecule is Cc1nc(C(C)CC(C)(C)C(N)=O)no1. The molecule has 0 saturated heterocycles. The topological polar surface area (TPSA) is 82.0 Å². The van der Waals surface area contributed by atoms with Crippen LogP contribution in [0.2, 0.25) is 0 Å². The lowest BCUT2D eigenvalue weighted by Crippen LogP contribution is -2.32. The van der Waals surface area contributed by atoms with E-state index in [1.54, 1.807) is 6.92 Å². The van der Waals surface area contributed by atoms with Crippen molar-refractivity contribution in [1.82, 2.24) is 10.1 Å². The third-order valence-electron chi connectivity index (χ3n) is 2.47. The molecule has 84 valence electrons. The Hall–Kier alpha value is -1.39. The zero-order valence-electron chi connectivity index (χ0n) is 9.57. The standard InChI is InChI=1S/C10H17N3O2/c1-6(5-10(3,4)9(11)14)8-12-7(2)15-13-8/h6H,5H2,1-4H3,(H2,11,14). The van der Waals surface area contributed by atoms with E-state index in [0.29, 0.717) is 18.1 Å². The largest absolute Gasteiger partial charge is 0.369 e. The Morgan fingerprint density at radius 1 is 1.60 bits per heavy atom. The molecule has 0 aromatic carbocycles. The molecule has 1 rings (SSSR count). The predicted octanol–water partition coefficient (Wildman–Crippen LogP) is 1.38. The van der Waals surface area contributed by atoms with Gasteiger partial charge >= 0.3 is 0 Å². The molecule has 0 fully saturated rings. The first kappa shape index (κ1) is 11.7. The van der Waals surface area contributed by atoms with Crippen LogP contribution in [0.15, 0.2) is 4.52 Å². The van der Waals surface area contributed by atoms with E-state index >= 15 is 0 Å². The fourth-order valence-corrected chi connectivity index (χ4v) is 1.47. The van der Waals surface area contributed by atoms with Crippen LogP contribution in [0.25, 0.3) is 0 Å². The molecule has 1 amide bonds. The summed E-state index contributed by atoms with van der Waals surface area (Å²) in [6, 6.07) is 0. The number of carbonyl (C=O) groups excluding carboxylic acids is 1. The average Bonchev–Trinajstić information content (AvgIpc) is 2.50. The van der Waals surface area contributed by atoms with E-state index < -0.39 is 5.41 Å². The smallest absolute Gasteiger partial charge is 0.223 e. The van der Waals surface area contributed by atoms with E-state index in [9.17, 15) is 4.79 Å². The molecule has 5 heteroatoms. The molecular formula is C10H17N3O2. The predicted molar refractivity (Wildman–Crippen MR) is 55.0 cm³/mol. The van der Waals surface area contributed by atoms with Gasteiger partial charge in [0.15, 0.2) is 5.82 Å². The van der Waals surface area contributed by atoms with Crippen molar-refractivity contribution in [2.24, 2.45) is 11.1 Å². The van der Waals surface area contributed by atoms with Gasteiger partial charge in [-0.2, -0.15) is 4.98 Å². The molecule has 5 nitrogen and oxygen atoms in total. The van der Waals surface area contributed by atoms with E-state index in [4.69, 9.17) is 10.3 Å². The maximum absolute atomic E-state index is 11.2. The minimum absolute atomic E-state index is 0.0601. The van der Waals surface area contributed by atoms with Gasteiger partial charge < -0.3 is 10.3 Å². The lowest BCUT2D eigenvalue weighted by molar-refractivity contribution is -0.126. The summed E-state index contributed by atoms with van der Waals surface area (Å²) in [4.78, 5) is 15.3. The Labute approximate surface area is 89.0 Å². The molecule has 0 saturated carbocycles. The van der Waals surface area contributed by atoms with E-state index in [1.807, 2.05) is 20.8 Å². The average molecular weight is 211 g/mol. The Morgan fingerprint density at radius 2 is 2.20 bits per heavy atom. The van der Waals surface area contributed by atoms with Crippen molar-refractivity contribution in [1.29, 1.82) is 0 Å². The summed E-state index contributed by atoms with van der Waals surface area (Å²) in [6.45, 7) is 7.33. The number of hydrogen-bond acceptors (Lipinski definition) is 4. The minimum atomic E-state index is -0.548. The van der Waals surface area contributed by atoms with Crippen molar-refractivity contribution in [3.05, 3.63) is 11.7 Å². The number of aromatic nitrogens is 2. The monoisotopic (exact) mass is 211 g/mol. The van der Waals surface area contributed by atoms with Crippen LogP contribution < -0.4 is 5.73 Å². The van der Waals surface area contributed by atoms with Gasteiger partial charge in [0.2, 0.25) is 11.8 Å². The van der Waals surface area contributed by atoms with Crippen LogP contribution in [0.4, 0.5) is 0 Å². The van der Waals surface area contributed by atoms with Gasteiger partial charge in [-0.05, 0) is 6.42 Å². The lowest BCUT2D eigenvalue weighted by Gasteiger charge is -2.22. The summed E-state index contributed by atoms with van der Waals surface area (Å²) in [5, 5.41) is 3.82. The van der Waals surface area contributed by atoms with Crippen molar-refractivity contribution >= 4 is 5.91 Å². The van der Waals surface area contributed by atoms with Gasteiger partial charge in [-0.3, -0.25) is 4.79 Å². The molecule has 0 aliphatic rings. The number of hydrogen-bond donors (Lipinski definition) is 1. The van der Waals surface area contributed by atoms with Crippen LogP contribution in [-0.2, 0) is 4.79 Å². The van der Waals surface area contributed by atoms with Crippen LogP contribution in [0.1, 0.15) is 44.8 Å². The number of rotatable bonds is 4. The second-order valence-electron chi connectivity index (χ2n) is 4.52. The van der Waals surface area contributed by atoms with E-state index in [2.05, 4.69) is 10.1 Å². The maximum atomic E-state index is 11.2. The summed E-state index contributed by atoms with van der Waals surface area (Å²) in [5.74, 6) is 0.912. The third kappa shape index (κ3) is 2.78. The van der Waals surface area contributed by atoms with Gasteiger partial charge in [-0.25, -0.2) is 0 Å². The van der Waals surface area contributed by atoms with Gasteiger partial charge in [0.05, 0.1) is 0 Å². The number of amides is 1. The van der Waals surface area contributed by atoms with Crippen LogP contribution in [0.3, 0.4) is 0 Å². The van der Waals surface area contributed by atoms with Gasteiger partial charge in [0, 0.05) is 18.3 Å². The Morgan fingerprint density at radius 3 is 2.60 bits per heavy atom. The summed E-state index contributed by atoms with van der Waals surface area (Å²) in [7, 11) is 0. The number of carbonyl (C=O) groups is 1. The number of aryl methyl sites for hydroxylation is 1. The van der Waals surface area contributed by atoms with Gasteiger partial charge in [-0.1, -0.05) is 25.9 Å². The highest BCUT2D eigenvalue weighted by molar-refractivity contribution is 5.79. The zero-order chi connectivity index (χ0) is 11.6. The number of nitrogens with zero attached hydrogens (tertiary/aromatic N) is 2. The Bertz CT molecular complexity index is 357. The van der Waals surface area contributed by atoms with Crippen molar-refractivity contribution < 1.29 is 9.32 Å². The van der Waals surface area contributed by atoms with Crippen LogP contribution >= 0.6 is 0 Å². The summed E-state index contributed by atoms with van der Waals surface area (Å²) >= 11 is 0. The van der Waals surface area contributed by atoms with Crippen molar-refractivity contribution in [3.63, 3.8) is 0 Å².